The van der Waals surface area contributed by atoms with Gasteiger partial charge in [0.1, 0.15) is 5.69 Å². The highest BCUT2D eigenvalue weighted by Crippen LogP contribution is 2.30. The van der Waals surface area contributed by atoms with Crippen LogP contribution in [0.25, 0.3) is 0 Å². The molecule has 1 aromatic rings. The van der Waals surface area contributed by atoms with E-state index in [9.17, 15) is 14.4 Å². The molecule has 0 spiro atoms. The molecule has 0 unspecified atom stereocenters. The van der Waals surface area contributed by atoms with Crippen molar-refractivity contribution in [2.24, 2.45) is 11.8 Å². The monoisotopic (exact) mass is 362 g/mol. The number of H-pyrrole nitrogens is 1. The van der Waals surface area contributed by atoms with Crippen molar-refractivity contribution in [2.45, 2.75) is 59.9 Å². The minimum Gasteiger partial charge on any atom is -0.464 e. The number of esters is 1. The Labute approximate surface area is 155 Å². The zero-order valence-corrected chi connectivity index (χ0v) is 16.6. The largest absolute Gasteiger partial charge is 0.464 e. The van der Waals surface area contributed by atoms with E-state index in [4.69, 9.17) is 4.74 Å². The second-order valence-corrected chi connectivity index (χ2v) is 7.67. The molecular weight excluding hydrogens is 332 g/mol. The van der Waals surface area contributed by atoms with Crippen LogP contribution in [0.2, 0.25) is 0 Å². The first-order valence-electron chi connectivity index (χ1n) is 9.31. The van der Waals surface area contributed by atoms with Gasteiger partial charge in [-0.3, -0.25) is 9.59 Å². The second kappa shape index (κ2) is 8.06. The normalized spacial score (nSPS) is 15.5. The molecule has 1 heterocycles. The van der Waals surface area contributed by atoms with Crippen molar-refractivity contribution in [3.8, 4) is 0 Å². The first kappa shape index (κ1) is 20.2. The van der Waals surface area contributed by atoms with E-state index in [1.54, 1.807) is 25.7 Å². The average molecular weight is 362 g/mol. The Kier molecular flexibility index (Phi) is 6.26. The Balaban J connectivity index is 2.32. The zero-order chi connectivity index (χ0) is 19.6. The summed E-state index contributed by atoms with van der Waals surface area (Å²) in [6, 6.07) is -0.566. The molecule has 0 aliphatic heterocycles. The maximum atomic E-state index is 13.2. The molecule has 2 rings (SSSR count). The number of carbonyl (C=O) groups is 3. The Hall–Kier alpha value is -2.11. The van der Waals surface area contributed by atoms with Crippen molar-refractivity contribution in [3.63, 3.8) is 0 Å². The SMILES string of the molecule is COC(=O)c1[nH]c(C)c(C(=O)[C@@H](C)N(CC(C)C)C(=O)C2CCC2)c1C. The number of aromatic nitrogens is 1. The van der Waals surface area contributed by atoms with Gasteiger partial charge in [-0.25, -0.2) is 4.79 Å². The van der Waals surface area contributed by atoms with Gasteiger partial charge in [0.2, 0.25) is 5.91 Å². The summed E-state index contributed by atoms with van der Waals surface area (Å²) in [5.41, 5.74) is 1.97. The third-order valence-electron chi connectivity index (χ3n) is 5.22. The van der Waals surface area contributed by atoms with E-state index in [-0.39, 0.29) is 23.5 Å². The number of hydrogen-bond donors (Lipinski definition) is 1. The van der Waals surface area contributed by atoms with Crippen molar-refractivity contribution < 1.29 is 19.1 Å². The van der Waals surface area contributed by atoms with Crippen molar-refractivity contribution in [2.75, 3.05) is 13.7 Å². The lowest BCUT2D eigenvalue weighted by atomic mass is 9.83. The minimum atomic E-state index is -0.566. The van der Waals surface area contributed by atoms with E-state index in [0.29, 0.717) is 29.1 Å². The molecular formula is C20H30N2O4. The molecule has 26 heavy (non-hydrogen) atoms. The number of nitrogens with zero attached hydrogens (tertiary/aromatic N) is 1. The van der Waals surface area contributed by atoms with Gasteiger partial charge in [-0.2, -0.15) is 0 Å². The summed E-state index contributed by atoms with van der Waals surface area (Å²) in [4.78, 5) is 42.6. The standard InChI is InChI=1S/C20H30N2O4/c1-11(2)10-22(19(24)15-8-7-9-15)14(5)18(23)16-12(3)17(20(25)26-6)21-13(16)4/h11,14-15,21H,7-10H2,1-6H3/t14-/m1/s1. The quantitative estimate of drug-likeness (QED) is 0.596. The lowest BCUT2D eigenvalue weighted by molar-refractivity contribution is -0.140. The van der Waals surface area contributed by atoms with Gasteiger partial charge in [0.05, 0.1) is 13.2 Å². The summed E-state index contributed by atoms with van der Waals surface area (Å²) < 4.78 is 4.77. The van der Waals surface area contributed by atoms with Gasteiger partial charge in [0.25, 0.3) is 0 Å². The van der Waals surface area contributed by atoms with Crippen LogP contribution < -0.4 is 0 Å². The smallest absolute Gasteiger partial charge is 0.354 e. The molecule has 1 fully saturated rings. The third kappa shape index (κ3) is 3.84. The van der Waals surface area contributed by atoms with Gasteiger partial charge >= 0.3 is 5.97 Å². The lowest BCUT2D eigenvalue weighted by Gasteiger charge is -2.36. The number of methoxy groups -OCH3 is 1. The van der Waals surface area contributed by atoms with Crippen LogP contribution in [0, 0.1) is 25.7 Å². The number of ether oxygens (including phenoxy) is 1. The van der Waals surface area contributed by atoms with Crippen LogP contribution >= 0.6 is 0 Å². The summed E-state index contributed by atoms with van der Waals surface area (Å²) in [7, 11) is 1.31. The highest BCUT2D eigenvalue weighted by atomic mass is 16.5. The van der Waals surface area contributed by atoms with E-state index in [0.717, 1.165) is 19.3 Å². The van der Waals surface area contributed by atoms with Crippen LogP contribution in [0.15, 0.2) is 0 Å². The van der Waals surface area contributed by atoms with Crippen LogP contribution in [0.3, 0.4) is 0 Å². The van der Waals surface area contributed by atoms with Crippen LogP contribution in [-0.2, 0) is 9.53 Å². The molecule has 144 valence electrons. The number of carbonyl (C=O) groups excluding carboxylic acids is 3. The van der Waals surface area contributed by atoms with Crippen LogP contribution in [0.5, 0.6) is 0 Å². The maximum Gasteiger partial charge on any atom is 0.354 e. The summed E-state index contributed by atoms with van der Waals surface area (Å²) in [5.74, 6) is -0.247. The number of Topliss-reactive ketones (excluding diaryl/α,β-unsaturated/α-hetero) is 1. The summed E-state index contributed by atoms with van der Waals surface area (Å²) in [6.45, 7) is 9.91. The second-order valence-electron chi connectivity index (χ2n) is 7.67. The van der Waals surface area contributed by atoms with E-state index in [2.05, 4.69) is 4.98 Å². The predicted octanol–water partition coefficient (Wildman–Crippen LogP) is 3.27. The summed E-state index contributed by atoms with van der Waals surface area (Å²) in [6.07, 6.45) is 2.89. The lowest BCUT2D eigenvalue weighted by Crippen LogP contribution is -2.49. The number of rotatable bonds is 7. The predicted molar refractivity (Wildman–Crippen MR) is 99.3 cm³/mol. The molecule has 1 amide bonds. The van der Waals surface area contributed by atoms with Crippen molar-refractivity contribution in [3.05, 3.63) is 22.5 Å². The van der Waals surface area contributed by atoms with E-state index < -0.39 is 12.0 Å². The number of nitrogens with one attached hydrogen (secondary N) is 1. The number of hydrogen-bond acceptors (Lipinski definition) is 4. The van der Waals surface area contributed by atoms with Crippen LogP contribution in [0.4, 0.5) is 0 Å². The van der Waals surface area contributed by atoms with Crippen LogP contribution in [0.1, 0.15) is 72.1 Å². The molecule has 1 aliphatic carbocycles. The number of aromatic amines is 1. The minimum absolute atomic E-state index is 0.0445. The average Bonchev–Trinajstić information content (AvgIpc) is 2.83. The number of ketones is 1. The van der Waals surface area contributed by atoms with E-state index in [1.165, 1.54) is 7.11 Å². The zero-order valence-electron chi connectivity index (χ0n) is 16.6. The van der Waals surface area contributed by atoms with Gasteiger partial charge in [0, 0.05) is 23.7 Å². The highest BCUT2D eigenvalue weighted by Gasteiger charge is 2.36. The third-order valence-corrected chi connectivity index (χ3v) is 5.22. The van der Waals surface area contributed by atoms with Gasteiger partial charge in [-0.05, 0) is 45.1 Å². The molecule has 6 heteroatoms. The molecule has 0 saturated heterocycles. The maximum absolute atomic E-state index is 13.2. The van der Waals surface area contributed by atoms with Crippen molar-refractivity contribution >= 4 is 17.7 Å². The molecule has 1 aromatic heterocycles. The topological polar surface area (TPSA) is 79.5 Å². The van der Waals surface area contributed by atoms with Gasteiger partial charge in [-0.15, -0.1) is 0 Å². The molecule has 0 radical (unpaired) electrons. The molecule has 1 N–H and O–H groups in total. The molecule has 1 saturated carbocycles. The molecule has 0 bridgehead atoms. The molecule has 1 aliphatic rings. The van der Waals surface area contributed by atoms with Crippen molar-refractivity contribution in [1.29, 1.82) is 0 Å². The number of aryl methyl sites for hydroxylation is 1. The Bertz CT molecular complexity index is 701. The van der Waals surface area contributed by atoms with E-state index >= 15 is 0 Å². The highest BCUT2D eigenvalue weighted by molar-refractivity contribution is 6.06. The van der Waals surface area contributed by atoms with Gasteiger partial charge in [0.15, 0.2) is 5.78 Å². The van der Waals surface area contributed by atoms with Gasteiger partial charge in [-0.1, -0.05) is 20.3 Å². The fourth-order valence-corrected chi connectivity index (χ4v) is 3.50. The van der Waals surface area contributed by atoms with Crippen LogP contribution in [-0.4, -0.2) is 47.2 Å². The van der Waals surface area contributed by atoms with Crippen molar-refractivity contribution in [1.82, 2.24) is 9.88 Å². The van der Waals surface area contributed by atoms with E-state index in [1.807, 2.05) is 13.8 Å². The molecule has 6 nitrogen and oxygen atoms in total. The first-order valence-corrected chi connectivity index (χ1v) is 9.31. The fourth-order valence-electron chi connectivity index (χ4n) is 3.50. The Morgan fingerprint density at radius 3 is 2.27 bits per heavy atom. The first-order chi connectivity index (χ1) is 12.2. The molecule has 1 atom stereocenters. The van der Waals surface area contributed by atoms with Gasteiger partial charge < -0.3 is 14.6 Å². The Morgan fingerprint density at radius 1 is 1.19 bits per heavy atom. The Morgan fingerprint density at radius 2 is 1.81 bits per heavy atom. The summed E-state index contributed by atoms with van der Waals surface area (Å²) in [5, 5.41) is 0. The molecule has 0 aromatic carbocycles. The summed E-state index contributed by atoms with van der Waals surface area (Å²) >= 11 is 0. The fraction of sp³-hybridized carbons (Fsp3) is 0.650. The number of amides is 1.